The summed E-state index contributed by atoms with van der Waals surface area (Å²) in [5.74, 6) is 0.845. The molecule has 0 saturated heterocycles. The molecule has 1 amide bonds. The van der Waals surface area contributed by atoms with E-state index < -0.39 is 0 Å². The Kier molecular flexibility index (Phi) is 5.78. The number of nitrogens with one attached hydrogen (secondary N) is 1. The van der Waals surface area contributed by atoms with Crippen molar-refractivity contribution in [1.29, 1.82) is 0 Å². The minimum atomic E-state index is -0.0445. The maximum atomic E-state index is 12.6. The highest BCUT2D eigenvalue weighted by atomic mass is 32.2. The predicted octanol–water partition coefficient (Wildman–Crippen LogP) is 3.20. The van der Waals surface area contributed by atoms with Crippen molar-refractivity contribution in [2.24, 2.45) is 5.92 Å². The molecule has 2 aromatic rings. The van der Waals surface area contributed by atoms with Crippen LogP contribution >= 0.6 is 11.8 Å². The monoisotopic (exact) mass is 359 g/mol. The molecule has 0 unspecified atom stereocenters. The van der Waals surface area contributed by atoms with Crippen LogP contribution in [-0.2, 0) is 11.3 Å². The molecule has 1 aliphatic carbocycles. The molecule has 1 aromatic heterocycles. The number of carbonyl (C=O) groups is 1. The number of hydrogen-bond donors (Lipinski definition) is 1. The minimum absolute atomic E-state index is 0.0220. The molecule has 25 heavy (non-hydrogen) atoms. The lowest BCUT2D eigenvalue weighted by Crippen LogP contribution is -2.41. The highest BCUT2D eigenvalue weighted by Crippen LogP contribution is 2.24. The number of benzene rings is 1. The van der Waals surface area contributed by atoms with Crippen molar-refractivity contribution in [2.75, 3.05) is 5.75 Å². The van der Waals surface area contributed by atoms with E-state index in [2.05, 4.69) is 17.2 Å². The van der Waals surface area contributed by atoms with Crippen molar-refractivity contribution in [3.63, 3.8) is 0 Å². The van der Waals surface area contributed by atoms with E-state index in [1.165, 1.54) is 31.0 Å². The van der Waals surface area contributed by atoms with Gasteiger partial charge in [0, 0.05) is 12.6 Å². The second-order valence-electron chi connectivity index (χ2n) is 6.69. The average Bonchev–Trinajstić information content (AvgIpc) is 2.62. The molecule has 0 bridgehead atoms. The Morgan fingerprint density at radius 3 is 2.84 bits per heavy atom. The fourth-order valence-electron chi connectivity index (χ4n) is 3.45. The summed E-state index contributed by atoms with van der Waals surface area (Å²) in [5, 5.41) is 4.38. The zero-order chi connectivity index (χ0) is 17.8. The van der Waals surface area contributed by atoms with Gasteiger partial charge in [-0.15, -0.1) is 0 Å². The van der Waals surface area contributed by atoms with Gasteiger partial charge in [0.25, 0.3) is 5.56 Å². The number of thioether (sulfide) groups is 1. The molecule has 0 spiro atoms. The van der Waals surface area contributed by atoms with Crippen LogP contribution in [0.5, 0.6) is 0 Å². The minimum Gasteiger partial charge on any atom is -0.352 e. The topological polar surface area (TPSA) is 64.0 Å². The molecule has 1 aliphatic rings. The second-order valence-corrected chi connectivity index (χ2v) is 7.63. The summed E-state index contributed by atoms with van der Waals surface area (Å²) in [6, 6.07) is 7.63. The molecule has 1 saturated carbocycles. The SMILES string of the molecule is CCn1c(SCC(=O)N[C@@H]2CCCC[C@H]2C)nc2ccccc2c1=O. The fourth-order valence-corrected chi connectivity index (χ4v) is 4.32. The largest absolute Gasteiger partial charge is 0.352 e. The molecule has 1 N–H and O–H groups in total. The van der Waals surface area contributed by atoms with Gasteiger partial charge in [-0.05, 0) is 37.8 Å². The van der Waals surface area contributed by atoms with E-state index in [0.717, 1.165) is 6.42 Å². The molecule has 1 heterocycles. The predicted molar refractivity (Wildman–Crippen MR) is 102 cm³/mol. The third kappa shape index (κ3) is 4.06. The van der Waals surface area contributed by atoms with E-state index in [9.17, 15) is 9.59 Å². The van der Waals surface area contributed by atoms with Gasteiger partial charge in [-0.25, -0.2) is 4.98 Å². The Morgan fingerprint density at radius 2 is 2.08 bits per heavy atom. The van der Waals surface area contributed by atoms with Gasteiger partial charge in [-0.3, -0.25) is 14.2 Å². The molecule has 0 radical (unpaired) electrons. The lowest BCUT2D eigenvalue weighted by molar-refractivity contribution is -0.119. The lowest BCUT2D eigenvalue weighted by atomic mass is 9.86. The maximum absolute atomic E-state index is 12.6. The lowest BCUT2D eigenvalue weighted by Gasteiger charge is -2.29. The van der Waals surface area contributed by atoms with Crippen molar-refractivity contribution in [2.45, 2.75) is 57.3 Å². The van der Waals surface area contributed by atoms with E-state index in [4.69, 9.17) is 0 Å². The molecular formula is C19H25N3O2S. The Hall–Kier alpha value is -1.82. The van der Waals surface area contributed by atoms with Crippen molar-refractivity contribution >= 4 is 28.6 Å². The van der Waals surface area contributed by atoms with E-state index in [1.807, 2.05) is 25.1 Å². The number of hydrogen-bond acceptors (Lipinski definition) is 4. The standard InChI is InChI=1S/C19H25N3O2S/c1-3-22-18(24)14-9-5-7-11-16(14)21-19(22)25-12-17(23)20-15-10-6-4-8-13(15)2/h5,7,9,11,13,15H,3-4,6,8,10,12H2,1-2H3,(H,20,23)/t13-,15-/m1/s1. The van der Waals surface area contributed by atoms with Gasteiger partial charge in [0.05, 0.1) is 16.7 Å². The summed E-state index contributed by atoms with van der Waals surface area (Å²) in [5.41, 5.74) is 0.637. The van der Waals surface area contributed by atoms with Gasteiger partial charge in [0.1, 0.15) is 0 Å². The molecule has 134 valence electrons. The van der Waals surface area contributed by atoms with Crippen LogP contribution in [0.15, 0.2) is 34.2 Å². The first-order chi connectivity index (χ1) is 12.1. The highest BCUT2D eigenvalue weighted by Gasteiger charge is 2.23. The summed E-state index contributed by atoms with van der Waals surface area (Å²) < 4.78 is 1.64. The van der Waals surface area contributed by atoms with Crippen LogP contribution in [0.1, 0.15) is 39.5 Å². The number of aromatic nitrogens is 2. The van der Waals surface area contributed by atoms with Crippen LogP contribution in [0.4, 0.5) is 0 Å². The van der Waals surface area contributed by atoms with Gasteiger partial charge < -0.3 is 5.32 Å². The number of amides is 1. The average molecular weight is 359 g/mol. The Morgan fingerprint density at radius 1 is 1.32 bits per heavy atom. The van der Waals surface area contributed by atoms with Gasteiger partial charge in [0.15, 0.2) is 5.16 Å². The van der Waals surface area contributed by atoms with Crippen LogP contribution < -0.4 is 10.9 Å². The van der Waals surface area contributed by atoms with Crippen molar-refractivity contribution < 1.29 is 4.79 Å². The molecule has 0 aliphatic heterocycles. The van der Waals surface area contributed by atoms with Gasteiger partial charge >= 0.3 is 0 Å². The Labute approximate surface area is 152 Å². The van der Waals surface area contributed by atoms with E-state index >= 15 is 0 Å². The summed E-state index contributed by atoms with van der Waals surface area (Å²) in [6.07, 6.45) is 4.68. The van der Waals surface area contributed by atoms with E-state index in [1.54, 1.807) is 10.6 Å². The molecule has 5 nitrogen and oxygen atoms in total. The summed E-state index contributed by atoms with van der Waals surface area (Å²) in [6.45, 7) is 4.67. The van der Waals surface area contributed by atoms with E-state index in [0.29, 0.717) is 28.5 Å². The first-order valence-corrected chi connectivity index (χ1v) is 10.0. The summed E-state index contributed by atoms with van der Waals surface area (Å²) >= 11 is 1.34. The number of carbonyl (C=O) groups excluding carboxylic acids is 1. The first kappa shape index (κ1) is 18.0. The van der Waals surface area contributed by atoms with Crippen LogP contribution in [0.2, 0.25) is 0 Å². The van der Waals surface area contributed by atoms with Crippen LogP contribution in [0, 0.1) is 5.92 Å². The Balaban J connectivity index is 1.72. The Bertz CT molecular complexity index is 818. The van der Waals surface area contributed by atoms with Crippen LogP contribution in [0.25, 0.3) is 10.9 Å². The highest BCUT2D eigenvalue weighted by molar-refractivity contribution is 7.99. The number of rotatable bonds is 5. The molecule has 1 fully saturated rings. The summed E-state index contributed by atoms with van der Waals surface area (Å²) in [7, 11) is 0. The van der Waals surface area contributed by atoms with Gasteiger partial charge in [-0.2, -0.15) is 0 Å². The summed E-state index contributed by atoms with van der Waals surface area (Å²) in [4.78, 5) is 29.5. The quantitative estimate of drug-likeness (QED) is 0.658. The van der Waals surface area contributed by atoms with Crippen molar-refractivity contribution in [1.82, 2.24) is 14.9 Å². The van der Waals surface area contributed by atoms with Crippen LogP contribution in [0.3, 0.4) is 0 Å². The third-order valence-electron chi connectivity index (χ3n) is 4.93. The smallest absolute Gasteiger partial charge is 0.262 e. The fraction of sp³-hybridized carbons (Fsp3) is 0.526. The first-order valence-electron chi connectivity index (χ1n) is 9.02. The maximum Gasteiger partial charge on any atom is 0.262 e. The van der Waals surface area contributed by atoms with Crippen molar-refractivity contribution in [3.8, 4) is 0 Å². The zero-order valence-corrected chi connectivity index (χ0v) is 15.6. The number of fused-ring (bicyclic) bond motifs is 1. The van der Waals surface area contributed by atoms with Gasteiger partial charge in [-0.1, -0.05) is 43.7 Å². The molecule has 2 atom stereocenters. The molecule has 3 rings (SSSR count). The van der Waals surface area contributed by atoms with Crippen molar-refractivity contribution in [3.05, 3.63) is 34.6 Å². The number of para-hydroxylation sites is 1. The second kappa shape index (κ2) is 8.04. The zero-order valence-electron chi connectivity index (χ0n) is 14.8. The van der Waals surface area contributed by atoms with Gasteiger partial charge in [0.2, 0.25) is 5.91 Å². The number of nitrogens with zero attached hydrogens (tertiary/aromatic N) is 2. The molecular weight excluding hydrogens is 334 g/mol. The molecule has 6 heteroatoms. The van der Waals surface area contributed by atoms with Crippen LogP contribution in [-0.4, -0.2) is 27.3 Å². The normalized spacial score (nSPS) is 20.6. The third-order valence-corrected chi connectivity index (χ3v) is 5.91. The molecule has 1 aromatic carbocycles. The van der Waals surface area contributed by atoms with E-state index in [-0.39, 0.29) is 23.3 Å².